The van der Waals surface area contributed by atoms with E-state index in [4.69, 9.17) is 25.8 Å². The summed E-state index contributed by atoms with van der Waals surface area (Å²) < 4.78 is 28.8. The van der Waals surface area contributed by atoms with Crippen molar-refractivity contribution >= 4 is 23.2 Å². The summed E-state index contributed by atoms with van der Waals surface area (Å²) in [5.74, 6) is 0.868. The normalized spacial score (nSPS) is 10.3. The van der Waals surface area contributed by atoms with Crippen LogP contribution in [0.4, 0.5) is 10.1 Å². The highest BCUT2D eigenvalue weighted by atomic mass is 35.5. The summed E-state index contributed by atoms with van der Waals surface area (Å²) in [6.45, 7) is 0.127. The van der Waals surface area contributed by atoms with Crippen LogP contribution in [-0.4, -0.2) is 33.8 Å². The third kappa shape index (κ3) is 4.76. The average Bonchev–Trinajstić information content (AvgIpc) is 2.62. The maximum absolute atomic E-state index is 13.0. The third-order valence-corrected chi connectivity index (χ3v) is 3.89. The van der Waals surface area contributed by atoms with E-state index >= 15 is 0 Å². The molecule has 0 aliphatic heterocycles. The average molecular weight is 368 g/mol. The third-order valence-electron chi connectivity index (χ3n) is 3.60. The van der Waals surface area contributed by atoms with Crippen molar-refractivity contribution in [3.8, 4) is 17.2 Å². The topological polar surface area (TPSA) is 48.0 Å². The highest BCUT2D eigenvalue weighted by molar-refractivity contribution is 6.32. The van der Waals surface area contributed by atoms with Crippen LogP contribution in [0, 0.1) is 5.82 Å². The van der Waals surface area contributed by atoms with Crippen LogP contribution in [0.2, 0.25) is 5.02 Å². The fraction of sp³-hybridized carbons (Fsp3) is 0.278. The molecule has 25 heavy (non-hydrogen) atoms. The number of methoxy groups -OCH3 is 2. The lowest BCUT2D eigenvalue weighted by atomic mass is 10.2. The number of halogens is 2. The number of hydrogen-bond acceptors (Lipinski definition) is 4. The molecule has 0 saturated heterocycles. The summed E-state index contributed by atoms with van der Waals surface area (Å²) in [5, 5.41) is 0.167. The Labute approximate surface area is 150 Å². The molecule has 5 nitrogen and oxygen atoms in total. The van der Waals surface area contributed by atoms with Gasteiger partial charge in [-0.25, -0.2) is 4.39 Å². The summed E-state index contributed by atoms with van der Waals surface area (Å²) >= 11 is 5.88. The number of carbonyl (C=O) groups excluding carboxylic acids is 1. The molecule has 0 N–H and O–H groups in total. The molecule has 0 aromatic heterocycles. The number of anilines is 1. The fourth-order valence-electron chi connectivity index (χ4n) is 2.19. The highest BCUT2D eigenvalue weighted by Crippen LogP contribution is 2.31. The summed E-state index contributed by atoms with van der Waals surface area (Å²) in [7, 11) is 4.74. The Morgan fingerprint density at radius 3 is 2.40 bits per heavy atom. The van der Waals surface area contributed by atoms with Crippen molar-refractivity contribution in [1.29, 1.82) is 0 Å². The van der Waals surface area contributed by atoms with Crippen LogP contribution in [0.3, 0.4) is 0 Å². The molecule has 0 aliphatic rings. The fourth-order valence-corrected chi connectivity index (χ4v) is 2.41. The number of amides is 1. The molecule has 2 aromatic carbocycles. The van der Waals surface area contributed by atoms with Gasteiger partial charge in [-0.3, -0.25) is 4.79 Å². The molecule has 7 heteroatoms. The molecule has 0 saturated carbocycles. The number of hydrogen-bond donors (Lipinski definition) is 0. The summed E-state index contributed by atoms with van der Waals surface area (Å²) in [6, 6.07) is 9.05. The minimum Gasteiger partial charge on any atom is -0.493 e. The predicted octanol–water partition coefficient (Wildman–Crippen LogP) is 3.93. The maximum Gasteiger partial charge on any atom is 0.230 e. The molecule has 0 atom stereocenters. The minimum atomic E-state index is -0.443. The molecule has 1 amide bonds. The van der Waals surface area contributed by atoms with E-state index in [1.54, 1.807) is 32.4 Å². The molecule has 0 radical (unpaired) electrons. The van der Waals surface area contributed by atoms with Crippen molar-refractivity contribution in [3.05, 3.63) is 47.2 Å². The second kappa shape index (κ2) is 8.58. The van der Waals surface area contributed by atoms with Crippen LogP contribution in [0.1, 0.15) is 6.42 Å². The monoisotopic (exact) mass is 367 g/mol. The molecule has 0 bridgehead atoms. The van der Waals surface area contributed by atoms with Crippen LogP contribution >= 0.6 is 11.6 Å². The van der Waals surface area contributed by atoms with Crippen molar-refractivity contribution in [2.45, 2.75) is 6.42 Å². The van der Waals surface area contributed by atoms with Gasteiger partial charge in [0.15, 0.2) is 11.5 Å². The van der Waals surface area contributed by atoms with E-state index in [2.05, 4.69) is 0 Å². The summed E-state index contributed by atoms with van der Waals surface area (Å²) in [4.78, 5) is 13.8. The Bertz CT molecular complexity index is 754. The first kappa shape index (κ1) is 18.9. The zero-order valence-electron chi connectivity index (χ0n) is 14.2. The van der Waals surface area contributed by atoms with Gasteiger partial charge >= 0.3 is 0 Å². The summed E-state index contributed by atoms with van der Waals surface area (Å²) in [5.41, 5.74) is 0.669. The van der Waals surface area contributed by atoms with E-state index < -0.39 is 5.82 Å². The molecule has 0 unspecified atom stereocenters. The molecule has 0 spiro atoms. The van der Waals surface area contributed by atoms with Gasteiger partial charge in [-0.2, -0.15) is 0 Å². The number of nitrogens with zero attached hydrogens (tertiary/aromatic N) is 1. The largest absolute Gasteiger partial charge is 0.493 e. The molecule has 0 aliphatic carbocycles. The number of rotatable bonds is 7. The summed E-state index contributed by atoms with van der Waals surface area (Å²) in [6.07, 6.45) is 0.137. The number of carbonyl (C=O) groups is 1. The van der Waals surface area contributed by atoms with Crippen LogP contribution in [0.15, 0.2) is 36.4 Å². The molecule has 0 fully saturated rings. The molecule has 2 aromatic rings. The first-order valence-electron chi connectivity index (χ1n) is 7.52. The Kier molecular flexibility index (Phi) is 6.47. The van der Waals surface area contributed by atoms with Crippen LogP contribution in [0.25, 0.3) is 0 Å². The van der Waals surface area contributed by atoms with Gasteiger partial charge in [0.2, 0.25) is 5.91 Å². The van der Waals surface area contributed by atoms with Gasteiger partial charge in [0.25, 0.3) is 0 Å². The molecule has 0 heterocycles. The number of benzene rings is 2. The zero-order valence-corrected chi connectivity index (χ0v) is 15.0. The van der Waals surface area contributed by atoms with E-state index in [0.717, 1.165) is 6.07 Å². The first-order valence-corrected chi connectivity index (χ1v) is 7.90. The van der Waals surface area contributed by atoms with Gasteiger partial charge in [0.05, 0.1) is 32.3 Å². The van der Waals surface area contributed by atoms with E-state index in [9.17, 15) is 9.18 Å². The smallest absolute Gasteiger partial charge is 0.230 e. The number of ether oxygens (including phenoxy) is 3. The van der Waals surface area contributed by atoms with Gasteiger partial charge in [0.1, 0.15) is 11.6 Å². The SMILES string of the molecule is COc1ccc(N(C)C(=O)CCOc2ccc(F)cc2Cl)cc1OC. The van der Waals surface area contributed by atoms with Crippen LogP contribution < -0.4 is 19.1 Å². The highest BCUT2D eigenvalue weighted by Gasteiger charge is 2.14. The van der Waals surface area contributed by atoms with Gasteiger partial charge < -0.3 is 19.1 Å². The first-order chi connectivity index (χ1) is 12.0. The van der Waals surface area contributed by atoms with Crippen LogP contribution in [-0.2, 0) is 4.79 Å². The maximum atomic E-state index is 13.0. The Morgan fingerprint density at radius 1 is 1.08 bits per heavy atom. The lowest BCUT2D eigenvalue weighted by Gasteiger charge is -2.19. The standard InChI is InChI=1S/C18H19ClFNO4/c1-21(13-5-7-16(23-2)17(11-13)24-3)18(22)8-9-25-15-6-4-12(20)10-14(15)19/h4-7,10-11H,8-9H2,1-3H3. The van der Waals surface area contributed by atoms with Crippen molar-refractivity contribution < 1.29 is 23.4 Å². The Hall–Kier alpha value is -2.47. The van der Waals surface area contributed by atoms with Gasteiger partial charge in [-0.05, 0) is 30.3 Å². The Morgan fingerprint density at radius 2 is 1.76 bits per heavy atom. The lowest BCUT2D eigenvalue weighted by Crippen LogP contribution is -2.27. The lowest BCUT2D eigenvalue weighted by molar-refractivity contribution is -0.118. The van der Waals surface area contributed by atoms with Crippen LogP contribution in [0.5, 0.6) is 17.2 Å². The molecule has 2 rings (SSSR count). The van der Waals surface area contributed by atoms with Gasteiger partial charge in [-0.1, -0.05) is 11.6 Å². The molecular weight excluding hydrogens is 349 g/mol. The van der Waals surface area contributed by atoms with E-state index in [1.165, 1.54) is 24.1 Å². The van der Waals surface area contributed by atoms with E-state index in [1.807, 2.05) is 0 Å². The second-order valence-corrected chi connectivity index (χ2v) is 5.57. The minimum absolute atomic E-state index is 0.127. The Balaban J connectivity index is 1.96. The predicted molar refractivity (Wildman–Crippen MR) is 94.5 cm³/mol. The van der Waals surface area contributed by atoms with Gasteiger partial charge in [-0.15, -0.1) is 0 Å². The van der Waals surface area contributed by atoms with E-state index in [0.29, 0.717) is 22.9 Å². The van der Waals surface area contributed by atoms with Crippen molar-refractivity contribution in [1.82, 2.24) is 0 Å². The van der Waals surface area contributed by atoms with Gasteiger partial charge in [0, 0.05) is 18.8 Å². The van der Waals surface area contributed by atoms with Crippen molar-refractivity contribution in [2.75, 3.05) is 32.8 Å². The van der Waals surface area contributed by atoms with E-state index in [-0.39, 0.29) is 24.0 Å². The van der Waals surface area contributed by atoms with Crippen molar-refractivity contribution in [2.24, 2.45) is 0 Å². The second-order valence-electron chi connectivity index (χ2n) is 5.17. The molecule has 134 valence electrons. The van der Waals surface area contributed by atoms with Crippen molar-refractivity contribution in [3.63, 3.8) is 0 Å². The molecular formula is C18H19ClFNO4. The zero-order chi connectivity index (χ0) is 18.4. The quantitative estimate of drug-likeness (QED) is 0.744.